The number of carbonyl (C=O) groups excluding carboxylic acids is 1. The van der Waals surface area contributed by atoms with E-state index >= 15 is 0 Å². The molecule has 0 N–H and O–H groups in total. The molecule has 0 saturated heterocycles. The van der Waals surface area contributed by atoms with E-state index in [9.17, 15) is 4.79 Å². The van der Waals surface area contributed by atoms with Gasteiger partial charge in [-0.1, -0.05) is 27.2 Å². The van der Waals surface area contributed by atoms with Crippen molar-refractivity contribution in [3.05, 3.63) is 0 Å². The van der Waals surface area contributed by atoms with Crippen molar-refractivity contribution >= 4 is 16.8 Å². The Morgan fingerprint density at radius 2 is 2.00 bits per heavy atom. The van der Waals surface area contributed by atoms with E-state index in [1.54, 1.807) is 0 Å². The molecule has 1 atom stereocenters. The van der Waals surface area contributed by atoms with Crippen LogP contribution in [0, 0.1) is 11.3 Å². The molecular formula is C10H19ClO2. The molecule has 0 aliphatic rings. The van der Waals surface area contributed by atoms with Gasteiger partial charge in [0.15, 0.2) is 0 Å². The molecule has 0 aromatic heterocycles. The van der Waals surface area contributed by atoms with Crippen LogP contribution in [0.3, 0.4) is 0 Å². The topological polar surface area (TPSA) is 26.3 Å². The first-order valence-electron chi connectivity index (χ1n) is 4.72. The van der Waals surface area contributed by atoms with Crippen LogP contribution in [0.25, 0.3) is 0 Å². The lowest BCUT2D eigenvalue weighted by molar-refractivity contribution is -0.121. The van der Waals surface area contributed by atoms with Gasteiger partial charge in [0.1, 0.15) is 0 Å². The van der Waals surface area contributed by atoms with E-state index < -0.39 is 0 Å². The predicted octanol–water partition coefficient (Wildman–Crippen LogP) is 2.84. The van der Waals surface area contributed by atoms with Crippen LogP contribution in [-0.4, -0.2) is 18.5 Å². The number of hydrogen-bond donors (Lipinski definition) is 0. The maximum atomic E-state index is 11.1. The van der Waals surface area contributed by atoms with Gasteiger partial charge in [-0.05, 0) is 23.9 Å². The Hall–Kier alpha value is -0.0800. The third-order valence-electron chi connectivity index (χ3n) is 2.62. The molecule has 0 spiro atoms. The van der Waals surface area contributed by atoms with Crippen molar-refractivity contribution in [2.24, 2.45) is 11.3 Å². The molecule has 0 aromatic carbocycles. The number of hydrogen-bond acceptors (Lipinski definition) is 2. The Bertz CT molecular complexity index is 166. The van der Waals surface area contributed by atoms with Crippen molar-refractivity contribution in [2.45, 2.75) is 34.1 Å². The molecule has 0 radical (unpaired) electrons. The van der Waals surface area contributed by atoms with E-state index in [0.29, 0.717) is 13.2 Å². The summed E-state index contributed by atoms with van der Waals surface area (Å²) >= 11 is 5.52. The van der Waals surface area contributed by atoms with Gasteiger partial charge in [0.2, 0.25) is 5.24 Å². The fourth-order valence-electron chi connectivity index (χ4n) is 1.08. The zero-order valence-corrected chi connectivity index (χ0v) is 9.65. The van der Waals surface area contributed by atoms with Crippen LogP contribution in [0.15, 0.2) is 0 Å². The highest BCUT2D eigenvalue weighted by Crippen LogP contribution is 2.32. The van der Waals surface area contributed by atoms with Crippen molar-refractivity contribution in [3.63, 3.8) is 0 Å². The lowest BCUT2D eigenvalue weighted by atomic mass is 9.78. The average Bonchev–Trinajstić information content (AvgIpc) is 2.04. The van der Waals surface area contributed by atoms with E-state index in [2.05, 4.69) is 6.92 Å². The predicted molar refractivity (Wildman–Crippen MR) is 54.9 cm³/mol. The van der Waals surface area contributed by atoms with E-state index in [0.717, 1.165) is 6.42 Å². The third kappa shape index (κ3) is 4.10. The van der Waals surface area contributed by atoms with Crippen LogP contribution in [0.1, 0.15) is 34.1 Å². The summed E-state index contributed by atoms with van der Waals surface area (Å²) in [5.74, 6) is -0.195. The van der Waals surface area contributed by atoms with Gasteiger partial charge in [-0.3, -0.25) is 4.79 Å². The molecule has 0 fully saturated rings. The maximum absolute atomic E-state index is 11.1. The Morgan fingerprint density at radius 3 is 2.31 bits per heavy atom. The highest BCUT2D eigenvalue weighted by Gasteiger charge is 2.32. The molecular weight excluding hydrogens is 188 g/mol. The van der Waals surface area contributed by atoms with Crippen LogP contribution < -0.4 is 0 Å². The fourth-order valence-corrected chi connectivity index (χ4v) is 1.44. The van der Waals surface area contributed by atoms with Crippen molar-refractivity contribution in [2.75, 3.05) is 13.2 Å². The molecule has 13 heavy (non-hydrogen) atoms. The highest BCUT2D eigenvalue weighted by molar-refractivity contribution is 6.64. The Balaban J connectivity index is 4.32. The average molecular weight is 207 g/mol. The van der Waals surface area contributed by atoms with E-state index in [1.165, 1.54) is 0 Å². The van der Waals surface area contributed by atoms with E-state index in [4.69, 9.17) is 16.3 Å². The quantitative estimate of drug-likeness (QED) is 0.625. The fraction of sp³-hybridized carbons (Fsp3) is 0.900. The standard InChI is InChI=1S/C10H19ClO2/c1-5-10(3,4)8(9(11)12)7-13-6-2/h8H,5-7H2,1-4H3. The van der Waals surface area contributed by atoms with Gasteiger partial charge in [0.05, 0.1) is 12.5 Å². The third-order valence-corrected chi connectivity index (χ3v) is 2.88. The van der Waals surface area contributed by atoms with Crippen molar-refractivity contribution in [1.29, 1.82) is 0 Å². The maximum Gasteiger partial charge on any atom is 0.227 e. The second kappa shape index (κ2) is 5.61. The molecule has 0 aliphatic carbocycles. The Morgan fingerprint density at radius 1 is 1.46 bits per heavy atom. The zero-order valence-electron chi connectivity index (χ0n) is 8.89. The van der Waals surface area contributed by atoms with Gasteiger partial charge >= 0.3 is 0 Å². The minimum Gasteiger partial charge on any atom is -0.381 e. The lowest BCUT2D eigenvalue weighted by Gasteiger charge is -2.30. The van der Waals surface area contributed by atoms with Crippen LogP contribution in [0.2, 0.25) is 0 Å². The van der Waals surface area contributed by atoms with Gasteiger partial charge in [0, 0.05) is 6.61 Å². The first-order chi connectivity index (χ1) is 5.95. The minimum atomic E-state index is -0.291. The lowest BCUT2D eigenvalue weighted by Crippen LogP contribution is -2.32. The van der Waals surface area contributed by atoms with Gasteiger partial charge in [-0.15, -0.1) is 0 Å². The van der Waals surface area contributed by atoms with Crippen molar-refractivity contribution in [1.82, 2.24) is 0 Å². The molecule has 0 rings (SSSR count). The number of ether oxygens (including phenoxy) is 1. The number of carbonyl (C=O) groups is 1. The summed E-state index contributed by atoms with van der Waals surface area (Å²) in [6.07, 6.45) is 0.920. The van der Waals surface area contributed by atoms with Crippen LogP contribution in [-0.2, 0) is 9.53 Å². The smallest absolute Gasteiger partial charge is 0.227 e. The molecule has 78 valence electrons. The summed E-state index contributed by atoms with van der Waals surface area (Å²) in [4.78, 5) is 11.1. The second-order valence-electron chi connectivity index (χ2n) is 3.86. The molecule has 0 aliphatic heterocycles. The van der Waals surface area contributed by atoms with Gasteiger partial charge in [-0.2, -0.15) is 0 Å². The SMILES string of the molecule is CCOCC(C(=O)Cl)C(C)(C)CC. The van der Waals surface area contributed by atoms with Crippen molar-refractivity contribution in [3.8, 4) is 0 Å². The zero-order chi connectivity index (χ0) is 10.5. The Labute approximate surface area is 85.6 Å². The largest absolute Gasteiger partial charge is 0.381 e. The Kier molecular flexibility index (Phi) is 5.57. The summed E-state index contributed by atoms with van der Waals surface area (Å²) in [6.45, 7) is 9.10. The summed E-state index contributed by atoms with van der Waals surface area (Å²) < 4.78 is 5.24. The summed E-state index contributed by atoms with van der Waals surface area (Å²) in [6, 6.07) is 0. The van der Waals surface area contributed by atoms with Crippen LogP contribution >= 0.6 is 11.6 Å². The molecule has 0 heterocycles. The summed E-state index contributed by atoms with van der Waals surface area (Å²) in [7, 11) is 0. The molecule has 3 heteroatoms. The molecule has 0 bridgehead atoms. The second-order valence-corrected chi connectivity index (χ2v) is 4.23. The molecule has 0 aromatic rings. The van der Waals surface area contributed by atoms with Crippen LogP contribution in [0.4, 0.5) is 0 Å². The first-order valence-corrected chi connectivity index (χ1v) is 5.10. The molecule has 0 amide bonds. The highest BCUT2D eigenvalue weighted by atomic mass is 35.5. The molecule has 2 nitrogen and oxygen atoms in total. The van der Waals surface area contributed by atoms with Crippen LogP contribution in [0.5, 0.6) is 0 Å². The molecule has 0 saturated carbocycles. The van der Waals surface area contributed by atoms with Gasteiger partial charge < -0.3 is 4.74 Å². The summed E-state index contributed by atoms with van der Waals surface area (Å²) in [5.41, 5.74) is -0.0754. The molecule has 1 unspecified atom stereocenters. The van der Waals surface area contributed by atoms with Gasteiger partial charge in [0.25, 0.3) is 0 Å². The normalized spacial score (nSPS) is 14.2. The first kappa shape index (κ1) is 12.9. The van der Waals surface area contributed by atoms with Crippen molar-refractivity contribution < 1.29 is 9.53 Å². The monoisotopic (exact) mass is 206 g/mol. The minimum absolute atomic E-state index is 0.0754. The number of halogens is 1. The number of rotatable bonds is 6. The van der Waals surface area contributed by atoms with Gasteiger partial charge in [-0.25, -0.2) is 0 Å². The summed E-state index contributed by atoms with van der Waals surface area (Å²) in [5, 5.41) is -0.291. The van der Waals surface area contributed by atoms with E-state index in [-0.39, 0.29) is 16.6 Å². The van der Waals surface area contributed by atoms with E-state index in [1.807, 2.05) is 20.8 Å².